The number of amides is 1. The molecule has 11 heteroatoms. The van der Waals surface area contributed by atoms with E-state index < -0.39 is 24.1 Å². The van der Waals surface area contributed by atoms with Crippen LogP contribution >= 0.6 is 34.8 Å². The molecule has 1 amide bonds. The molecule has 0 N–H and O–H groups in total. The molecule has 0 aliphatic carbocycles. The molecule has 2 aromatic carbocycles. The van der Waals surface area contributed by atoms with Crippen LogP contribution in [0.5, 0.6) is 0 Å². The number of Topliss-reactive ketones (excluding diaryl/α,β-unsaturated/α-hetero) is 1. The summed E-state index contributed by atoms with van der Waals surface area (Å²) in [7, 11) is 0. The van der Waals surface area contributed by atoms with Gasteiger partial charge in [-0.2, -0.15) is 13.2 Å². The van der Waals surface area contributed by atoms with E-state index in [1.807, 2.05) is 6.92 Å². The van der Waals surface area contributed by atoms with E-state index in [9.17, 15) is 22.8 Å². The Morgan fingerprint density at radius 3 is 2.32 bits per heavy atom. The standard InChI is InChI=1S/C23H20Cl3F3N2O3/c1-3-4-18(33)12-31(13(2)32)21-7-14(5-6-19(21)26)20-11-22(34-30-20,23(27,28)29)15-8-16(24)10-17(25)9-15/h5-10H,3-4,11-12H2,1-2H3. The Bertz CT molecular complexity index is 1130. The van der Waals surface area contributed by atoms with E-state index >= 15 is 0 Å². The van der Waals surface area contributed by atoms with Crippen molar-refractivity contribution >= 4 is 57.9 Å². The van der Waals surface area contributed by atoms with Gasteiger partial charge in [0.2, 0.25) is 5.91 Å². The van der Waals surface area contributed by atoms with Crippen LogP contribution < -0.4 is 4.90 Å². The number of nitrogens with zero attached hydrogens (tertiary/aromatic N) is 2. The first-order valence-corrected chi connectivity index (χ1v) is 11.4. The van der Waals surface area contributed by atoms with Crippen molar-refractivity contribution in [2.24, 2.45) is 5.16 Å². The highest BCUT2D eigenvalue weighted by Crippen LogP contribution is 2.50. The second-order valence-corrected chi connectivity index (χ2v) is 9.13. The lowest BCUT2D eigenvalue weighted by Crippen LogP contribution is -2.42. The molecule has 0 radical (unpaired) electrons. The van der Waals surface area contributed by atoms with Crippen molar-refractivity contribution in [1.82, 2.24) is 0 Å². The Labute approximate surface area is 209 Å². The first-order chi connectivity index (χ1) is 15.9. The zero-order valence-corrected chi connectivity index (χ0v) is 20.4. The first-order valence-electron chi connectivity index (χ1n) is 10.3. The minimum atomic E-state index is -4.85. The van der Waals surface area contributed by atoms with Crippen molar-refractivity contribution in [2.45, 2.75) is 44.9 Å². The summed E-state index contributed by atoms with van der Waals surface area (Å²) in [5, 5.41) is 3.92. The number of alkyl halides is 3. The Morgan fingerprint density at radius 1 is 1.12 bits per heavy atom. The summed E-state index contributed by atoms with van der Waals surface area (Å²) in [6.07, 6.45) is -4.62. The molecule has 5 nitrogen and oxygen atoms in total. The predicted molar refractivity (Wildman–Crippen MR) is 126 cm³/mol. The minimum Gasteiger partial charge on any atom is -0.374 e. The normalized spacial score (nSPS) is 17.8. The van der Waals surface area contributed by atoms with Crippen molar-refractivity contribution < 1.29 is 27.6 Å². The van der Waals surface area contributed by atoms with Crippen molar-refractivity contribution in [1.29, 1.82) is 0 Å². The molecule has 0 spiro atoms. The number of rotatable bonds is 7. The first kappa shape index (κ1) is 26.3. The van der Waals surface area contributed by atoms with Gasteiger partial charge in [0.05, 0.1) is 23.0 Å². The second-order valence-electron chi connectivity index (χ2n) is 7.85. The summed E-state index contributed by atoms with van der Waals surface area (Å²) in [6, 6.07) is 7.89. The maximum atomic E-state index is 14.3. The summed E-state index contributed by atoms with van der Waals surface area (Å²) < 4.78 is 42.8. The number of hydrogen-bond donors (Lipinski definition) is 0. The number of hydrogen-bond acceptors (Lipinski definition) is 4. The van der Waals surface area contributed by atoms with Gasteiger partial charge in [-0.25, -0.2) is 0 Å². The van der Waals surface area contributed by atoms with Gasteiger partial charge in [-0.15, -0.1) is 0 Å². The SMILES string of the molecule is CCCC(=O)CN(C(C)=O)c1cc(C2=NOC(c3cc(Cl)cc(Cl)c3)(C(F)(F)F)C2)ccc1Cl. The van der Waals surface area contributed by atoms with Crippen molar-refractivity contribution in [3.05, 3.63) is 62.6 Å². The Morgan fingerprint density at radius 2 is 1.76 bits per heavy atom. The summed E-state index contributed by atoms with van der Waals surface area (Å²) in [5.41, 5.74) is -2.66. The fraction of sp³-hybridized carbons (Fsp3) is 0.348. The van der Waals surface area contributed by atoms with Gasteiger partial charge in [-0.05, 0) is 36.8 Å². The van der Waals surface area contributed by atoms with E-state index in [-0.39, 0.29) is 56.3 Å². The fourth-order valence-electron chi connectivity index (χ4n) is 3.64. The third kappa shape index (κ3) is 5.34. The van der Waals surface area contributed by atoms with Gasteiger partial charge in [0.25, 0.3) is 5.60 Å². The lowest BCUT2D eigenvalue weighted by molar-refractivity contribution is -0.275. The van der Waals surface area contributed by atoms with Gasteiger partial charge in [0.15, 0.2) is 5.78 Å². The lowest BCUT2D eigenvalue weighted by Gasteiger charge is -2.29. The Kier molecular flexibility index (Phi) is 7.85. The lowest BCUT2D eigenvalue weighted by atomic mass is 9.86. The highest BCUT2D eigenvalue weighted by Gasteiger charge is 2.62. The van der Waals surface area contributed by atoms with E-state index in [1.165, 1.54) is 36.1 Å². The van der Waals surface area contributed by atoms with Crippen molar-refractivity contribution in [3.8, 4) is 0 Å². The van der Waals surface area contributed by atoms with Crippen LogP contribution in [0.15, 0.2) is 41.6 Å². The molecule has 1 heterocycles. The fourth-order valence-corrected chi connectivity index (χ4v) is 4.39. The molecule has 1 aliphatic rings. The van der Waals surface area contributed by atoms with Crippen LogP contribution in [0.4, 0.5) is 18.9 Å². The van der Waals surface area contributed by atoms with Crippen LogP contribution in [-0.4, -0.2) is 30.1 Å². The van der Waals surface area contributed by atoms with Crippen LogP contribution in [0.3, 0.4) is 0 Å². The molecular weight excluding hydrogens is 516 g/mol. The van der Waals surface area contributed by atoms with Gasteiger partial charge in [0.1, 0.15) is 0 Å². The molecular formula is C23H20Cl3F3N2O3. The maximum absolute atomic E-state index is 14.3. The second kappa shape index (κ2) is 10.1. The zero-order chi connectivity index (χ0) is 25.3. The van der Waals surface area contributed by atoms with Crippen LogP contribution in [0.1, 0.15) is 44.2 Å². The Hall–Kier alpha value is -2.29. The number of halogens is 6. The van der Waals surface area contributed by atoms with E-state index in [2.05, 4.69) is 5.16 Å². The molecule has 3 rings (SSSR count). The van der Waals surface area contributed by atoms with E-state index in [1.54, 1.807) is 0 Å². The number of benzene rings is 2. The molecule has 2 aromatic rings. The summed E-state index contributed by atoms with van der Waals surface area (Å²) in [6.45, 7) is 2.90. The predicted octanol–water partition coefficient (Wildman–Crippen LogP) is 6.95. The van der Waals surface area contributed by atoms with Gasteiger partial charge in [0, 0.05) is 40.9 Å². The number of ketones is 1. The molecule has 1 unspecified atom stereocenters. The Balaban J connectivity index is 2.00. The van der Waals surface area contributed by atoms with Gasteiger partial charge in [-0.1, -0.05) is 52.9 Å². The van der Waals surface area contributed by atoms with Crippen molar-refractivity contribution in [2.75, 3.05) is 11.4 Å². The topological polar surface area (TPSA) is 59.0 Å². The molecule has 0 bridgehead atoms. The van der Waals surface area contributed by atoms with Gasteiger partial charge in [-0.3, -0.25) is 9.59 Å². The molecule has 0 saturated heterocycles. The summed E-state index contributed by atoms with van der Waals surface area (Å²) in [5.74, 6) is -0.610. The van der Waals surface area contributed by atoms with E-state index in [0.29, 0.717) is 6.42 Å². The van der Waals surface area contributed by atoms with E-state index in [0.717, 1.165) is 12.1 Å². The largest absolute Gasteiger partial charge is 0.435 e. The highest BCUT2D eigenvalue weighted by atomic mass is 35.5. The molecule has 182 valence electrons. The number of anilines is 1. The minimum absolute atomic E-state index is 0.0188. The molecule has 1 aliphatic heterocycles. The smallest absolute Gasteiger partial charge is 0.374 e. The number of carbonyl (C=O) groups is 2. The van der Waals surface area contributed by atoms with Crippen LogP contribution in [0.25, 0.3) is 0 Å². The number of carbonyl (C=O) groups excluding carboxylic acids is 2. The zero-order valence-electron chi connectivity index (χ0n) is 18.2. The molecule has 0 fully saturated rings. The average molecular weight is 536 g/mol. The average Bonchev–Trinajstić information content (AvgIpc) is 3.19. The summed E-state index contributed by atoms with van der Waals surface area (Å²) in [4.78, 5) is 30.6. The maximum Gasteiger partial charge on any atom is 0.435 e. The monoisotopic (exact) mass is 534 g/mol. The van der Waals surface area contributed by atoms with Crippen molar-refractivity contribution in [3.63, 3.8) is 0 Å². The van der Waals surface area contributed by atoms with Crippen LogP contribution in [-0.2, 0) is 20.0 Å². The number of oxime groups is 1. The quantitative estimate of drug-likeness (QED) is 0.385. The summed E-state index contributed by atoms with van der Waals surface area (Å²) >= 11 is 18.1. The van der Waals surface area contributed by atoms with E-state index in [4.69, 9.17) is 39.6 Å². The molecule has 34 heavy (non-hydrogen) atoms. The molecule has 1 atom stereocenters. The highest BCUT2D eigenvalue weighted by molar-refractivity contribution is 6.35. The van der Waals surface area contributed by atoms with Gasteiger partial charge >= 0.3 is 6.18 Å². The van der Waals surface area contributed by atoms with Crippen LogP contribution in [0, 0.1) is 0 Å². The third-order valence-electron chi connectivity index (χ3n) is 5.33. The molecule has 0 saturated carbocycles. The van der Waals surface area contributed by atoms with Crippen LogP contribution in [0.2, 0.25) is 15.1 Å². The molecule has 0 aromatic heterocycles. The third-order valence-corrected chi connectivity index (χ3v) is 6.08. The van der Waals surface area contributed by atoms with Gasteiger partial charge < -0.3 is 9.74 Å².